The van der Waals surface area contributed by atoms with Crippen LogP contribution in [-0.2, 0) is 15.7 Å². The minimum Gasteiger partial charge on any atom is -0.310 e. The number of hydrogen-bond donors (Lipinski definition) is 1. The third-order valence-electron chi connectivity index (χ3n) is 4.32. The molecule has 1 N–H and O–H groups in total. The number of nitrogens with zero attached hydrogens (tertiary/aromatic N) is 5. The minimum absolute atomic E-state index is 0.113. The second-order valence-corrected chi connectivity index (χ2v) is 10.4. The molecule has 0 spiro atoms. The zero-order valence-electron chi connectivity index (χ0n) is 18.1. The Bertz CT molecular complexity index is 1040. The third kappa shape index (κ3) is 5.23. The molecule has 0 aliphatic rings. The second kappa shape index (κ2) is 8.43. The van der Waals surface area contributed by atoms with E-state index in [4.69, 9.17) is 16.7 Å². The van der Waals surface area contributed by atoms with Gasteiger partial charge in [0.25, 0.3) is 0 Å². The molecule has 0 radical (unpaired) electrons. The molecule has 0 aliphatic carbocycles. The van der Waals surface area contributed by atoms with Gasteiger partial charge in [0.05, 0.1) is 22.7 Å². The lowest BCUT2D eigenvalue weighted by atomic mass is 9.92. The zero-order valence-corrected chi connectivity index (χ0v) is 19.7. The van der Waals surface area contributed by atoms with Crippen LogP contribution in [0.4, 0.5) is 5.82 Å². The van der Waals surface area contributed by atoms with Gasteiger partial charge in [-0.3, -0.25) is 9.36 Å². The zero-order chi connectivity index (χ0) is 22.1. The molecular weight excluding hydrogens is 420 g/mol. The molecule has 3 aromatic rings. The van der Waals surface area contributed by atoms with Crippen LogP contribution in [0.5, 0.6) is 0 Å². The Balaban J connectivity index is 1.74. The molecular formula is C21H27ClN6OS. The lowest BCUT2D eigenvalue weighted by Crippen LogP contribution is -2.27. The molecule has 0 aliphatic heterocycles. The average molecular weight is 447 g/mol. The first-order chi connectivity index (χ1) is 13.9. The third-order valence-corrected chi connectivity index (χ3v) is 5.49. The van der Waals surface area contributed by atoms with E-state index in [1.54, 1.807) is 17.0 Å². The summed E-state index contributed by atoms with van der Waals surface area (Å²) in [5, 5.41) is 17.1. The summed E-state index contributed by atoms with van der Waals surface area (Å²) in [6.45, 7) is 12.5. The SMILES string of the molecule is CC(C)(C)c1cc(NC(=O)CSc2nncn2-c2cccc(Cl)c2)n(C(C)(C)C)n1. The summed E-state index contributed by atoms with van der Waals surface area (Å²) in [4.78, 5) is 12.7. The Kier molecular flexibility index (Phi) is 6.29. The number of rotatable bonds is 5. The van der Waals surface area contributed by atoms with Gasteiger partial charge >= 0.3 is 0 Å². The molecule has 7 nitrogen and oxygen atoms in total. The summed E-state index contributed by atoms with van der Waals surface area (Å²) in [5.74, 6) is 0.750. The van der Waals surface area contributed by atoms with Gasteiger partial charge in [-0.2, -0.15) is 5.10 Å². The van der Waals surface area contributed by atoms with Crippen LogP contribution in [0.1, 0.15) is 47.2 Å². The van der Waals surface area contributed by atoms with E-state index in [0.717, 1.165) is 11.4 Å². The number of amides is 1. The van der Waals surface area contributed by atoms with Crippen LogP contribution in [0.15, 0.2) is 41.8 Å². The van der Waals surface area contributed by atoms with Gasteiger partial charge in [-0.25, -0.2) is 4.68 Å². The second-order valence-electron chi connectivity index (χ2n) is 9.05. The lowest BCUT2D eigenvalue weighted by molar-refractivity contribution is -0.113. The maximum absolute atomic E-state index is 12.7. The van der Waals surface area contributed by atoms with Gasteiger partial charge in [-0.1, -0.05) is 50.2 Å². The number of anilines is 1. The molecule has 3 rings (SSSR count). The van der Waals surface area contributed by atoms with E-state index in [0.29, 0.717) is 16.0 Å². The van der Waals surface area contributed by atoms with Crippen LogP contribution in [-0.4, -0.2) is 36.2 Å². The Morgan fingerprint density at radius 3 is 2.53 bits per heavy atom. The first kappa shape index (κ1) is 22.4. The predicted octanol–water partition coefficient (Wildman–Crippen LogP) is 4.90. The maximum atomic E-state index is 12.7. The number of aromatic nitrogens is 5. The summed E-state index contributed by atoms with van der Waals surface area (Å²) in [5.41, 5.74) is 1.40. The van der Waals surface area contributed by atoms with Crippen molar-refractivity contribution < 1.29 is 4.79 Å². The summed E-state index contributed by atoms with van der Waals surface area (Å²) in [6, 6.07) is 9.35. The fourth-order valence-corrected chi connectivity index (χ4v) is 3.70. The van der Waals surface area contributed by atoms with Gasteiger partial charge in [0, 0.05) is 16.5 Å². The highest BCUT2D eigenvalue weighted by Crippen LogP contribution is 2.28. The van der Waals surface area contributed by atoms with Crippen LogP contribution in [0.3, 0.4) is 0 Å². The largest absolute Gasteiger partial charge is 0.310 e. The fourth-order valence-electron chi connectivity index (χ4n) is 2.78. The first-order valence-electron chi connectivity index (χ1n) is 9.65. The Morgan fingerprint density at radius 1 is 1.17 bits per heavy atom. The molecule has 0 saturated carbocycles. The normalized spacial score (nSPS) is 12.2. The molecule has 0 atom stereocenters. The molecule has 0 bridgehead atoms. The number of halogens is 1. The molecule has 0 fully saturated rings. The summed E-state index contributed by atoms with van der Waals surface area (Å²) < 4.78 is 3.67. The van der Waals surface area contributed by atoms with Crippen LogP contribution >= 0.6 is 23.4 Å². The fraction of sp³-hybridized carbons (Fsp3) is 0.429. The average Bonchev–Trinajstić information content (AvgIpc) is 3.26. The molecule has 1 aromatic carbocycles. The summed E-state index contributed by atoms with van der Waals surface area (Å²) in [6.07, 6.45) is 1.61. The van der Waals surface area contributed by atoms with E-state index in [1.807, 2.05) is 28.9 Å². The van der Waals surface area contributed by atoms with Gasteiger partial charge < -0.3 is 5.32 Å². The lowest BCUT2D eigenvalue weighted by Gasteiger charge is -2.23. The highest BCUT2D eigenvalue weighted by molar-refractivity contribution is 7.99. The molecule has 1 amide bonds. The Labute approximate surface area is 186 Å². The van der Waals surface area contributed by atoms with Crippen molar-refractivity contribution in [2.75, 3.05) is 11.1 Å². The smallest absolute Gasteiger partial charge is 0.235 e. The Morgan fingerprint density at radius 2 is 1.90 bits per heavy atom. The van der Waals surface area contributed by atoms with Crippen molar-refractivity contribution in [2.24, 2.45) is 0 Å². The molecule has 160 valence electrons. The van der Waals surface area contributed by atoms with E-state index in [1.165, 1.54) is 11.8 Å². The van der Waals surface area contributed by atoms with Crippen LogP contribution < -0.4 is 5.32 Å². The summed E-state index contributed by atoms with van der Waals surface area (Å²) in [7, 11) is 0. The number of carbonyl (C=O) groups is 1. The first-order valence-corrected chi connectivity index (χ1v) is 11.0. The maximum Gasteiger partial charge on any atom is 0.235 e. The van der Waals surface area contributed by atoms with Gasteiger partial charge in [-0.05, 0) is 39.0 Å². The van der Waals surface area contributed by atoms with E-state index in [-0.39, 0.29) is 22.6 Å². The summed E-state index contributed by atoms with van der Waals surface area (Å²) >= 11 is 7.40. The minimum atomic E-state index is -0.258. The topological polar surface area (TPSA) is 77.6 Å². The molecule has 2 heterocycles. The molecule has 9 heteroatoms. The number of nitrogens with one attached hydrogen (secondary N) is 1. The van der Waals surface area contributed by atoms with Gasteiger partial charge in [0.1, 0.15) is 12.1 Å². The van der Waals surface area contributed by atoms with Crippen molar-refractivity contribution >= 4 is 35.1 Å². The van der Waals surface area contributed by atoms with E-state index >= 15 is 0 Å². The van der Waals surface area contributed by atoms with Crippen LogP contribution in [0, 0.1) is 0 Å². The van der Waals surface area contributed by atoms with Gasteiger partial charge in [0.2, 0.25) is 5.91 Å². The molecule has 0 unspecified atom stereocenters. The molecule has 2 aromatic heterocycles. The van der Waals surface area contributed by atoms with Crippen molar-refractivity contribution in [2.45, 2.75) is 57.7 Å². The highest BCUT2D eigenvalue weighted by atomic mass is 35.5. The number of carbonyl (C=O) groups excluding carboxylic acids is 1. The number of thioether (sulfide) groups is 1. The van der Waals surface area contributed by atoms with Crippen molar-refractivity contribution in [1.82, 2.24) is 24.5 Å². The van der Waals surface area contributed by atoms with Gasteiger partial charge in [-0.15, -0.1) is 10.2 Å². The van der Waals surface area contributed by atoms with Crippen molar-refractivity contribution in [3.8, 4) is 5.69 Å². The number of hydrogen-bond acceptors (Lipinski definition) is 5. The van der Waals surface area contributed by atoms with Crippen LogP contribution in [0.2, 0.25) is 5.02 Å². The van der Waals surface area contributed by atoms with E-state index < -0.39 is 0 Å². The Hall–Kier alpha value is -2.32. The predicted molar refractivity (Wildman–Crippen MR) is 122 cm³/mol. The molecule has 30 heavy (non-hydrogen) atoms. The van der Waals surface area contributed by atoms with Gasteiger partial charge in [0.15, 0.2) is 5.16 Å². The van der Waals surface area contributed by atoms with E-state index in [2.05, 4.69) is 57.1 Å². The van der Waals surface area contributed by atoms with E-state index in [9.17, 15) is 4.79 Å². The standard InChI is InChI=1S/C21H27ClN6OS/c1-20(2,3)16-11-17(28(26-16)21(4,5)6)24-18(29)12-30-19-25-23-13-27(19)15-9-7-8-14(22)10-15/h7-11,13H,12H2,1-6H3,(H,24,29). The van der Waals surface area contributed by atoms with Crippen molar-refractivity contribution in [1.29, 1.82) is 0 Å². The van der Waals surface area contributed by atoms with Crippen molar-refractivity contribution in [3.63, 3.8) is 0 Å². The van der Waals surface area contributed by atoms with Crippen LogP contribution in [0.25, 0.3) is 5.69 Å². The highest BCUT2D eigenvalue weighted by Gasteiger charge is 2.26. The number of benzene rings is 1. The quantitative estimate of drug-likeness (QED) is 0.564. The molecule has 0 saturated heterocycles. The monoisotopic (exact) mass is 446 g/mol. The van der Waals surface area contributed by atoms with Crippen molar-refractivity contribution in [3.05, 3.63) is 47.4 Å².